The van der Waals surface area contributed by atoms with Gasteiger partial charge in [0.2, 0.25) is 5.69 Å². The summed E-state index contributed by atoms with van der Waals surface area (Å²) < 4.78 is 30.4. The van der Waals surface area contributed by atoms with Gasteiger partial charge < -0.3 is 14.9 Å². The minimum Gasteiger partial charge on any atom is -0.466 e. The smallest absolute Gasteiger partial charge is 0.364 e. The maximum absolute atomic E-state index is 12.8. The van der Waals surface area contributed by atoms with Crippen LogP contribution in [0.25, 0.3) is 0 Å². The van der Waals surface area contributed by atoms with Crippen LogP contribution in [-0.2, 0) is 16.0 Å². The van der Waals surface area contributed by atoms with E-state index < -0.39 is 28.8 Å². The number of nitro groups is 1. The zero-order chi connectivity index (χ0) is 14.6. The number of ether oxygens (including phenoxy) is 1. The first kappa shape index (κ1) is 14.9. The third kappa shape index (κ3) is 3.67. The molecule has 19 heavy (non-hydrogen) atoms. The van der Waals surface area contributed by atoms with Gasteiger partial charge in [0.1, 0.15) is 0 Å². The fourth-order valence-corrected chi connectivity index (χ4v) is 1.57. The summed E-state index contributed by atoms with van der Waals surface area (Å²) >= 11 is 0. The molecule has 1 heterocycles. The van der Waals surface area contributed by atoms with E-state index in [-0.39, 0.29) is 24.2 Å². The first-order chi connectivity index (χ1) is 8.86. The van der Waals surface area contributed by atoms with E-state index >= 15 is 0 Å². The number of aromatic nitrogens is 1. The summed E-state index contributed by atoms with van der Waals surface area (Å²) in [5, 5.41) is 10.6. The molecule has 0 aliphatic carbocycles. The van der Waals surface area contributed by atoms with E-state index in [1.54, 1.807) is 6.92 Å². The quantitative estimate of drug-likeness (QED) is 0.467. The molecule has 1 rings (SSSR count). The third-order valence-corrected chi connectivity index (χ3v) is 2.39. The molecule has 0 aliphatic heterocycles. The Morgan fingerprint density at radius 2 is 2.21 bits per heavy atom. The van der Waals surface area contributed by atoms with Crippen LogP contribution in [-0.4, -0.2) is 22.5 Å². The van der Waals surface area contributed by atoms with Crippen LogP contribution < -0.4 is 0 Å². The second-order valence-corrected chi connectivity index (χ2v) is 3.70. The molecule has 0 amide bonds. The second kappa shape index (κ2) is 6.17. The monoisotopic (exact) mass is 274 g/mol. The Hall–Kier alpha value is -2.12. The summed E-state index contributed by atoms with van der Waals surface area (Å²) in [5.74, 6) is -1.34. The van der Waals surface area contributed by atoms with Crippen molar-refractivity contribution in [2.45, 2.75) is 26.7 Å². The topological polar surface area (TPSA) is 82.3 Å². The van der Waals surface area contributed by atoms with Crippen LogP contribution in [0.15, 0.2) is 6.07 Å². The van der Waals surface area contributed by atoms with Gasteiger partial charge in [-0.2, -0.15) is 0 Å². The highest BCUT2D eigenvalue weighted by Gasteiger charge is 2.27. The standard InChI is InChI=1S/C11H12F2N2O4/c1-3-19-9(16)5-7-6(2)4-8(15(17)18)14-10(7)11(12)13/h4,11H,3,5H2,1-2H3. The van der Waals surface area contributed by atoms with E-state index in [9.17, 15) is 23.7 Å². The summed E-state index contributed by atoms with van der Waals surface area (Å²) in [4.78, 5) is 24.3. The molecule has 6 nitrogen and oxygen atoms in total. The second-order valence-electron chi connectivity index (χ2n) is 3.70. The number of halogens is 2. The normalized spacial score (nSPS) is 10.6. The lowest BCUT2D eigenvalue weighted by Gasteiger charge is -2.08. The Morgan fingerprint density at radius 1 is 1.58 bits per heavy atom. The van der Waals surface area contributed by atoms with E-state index in [0.717, 1.165) is 6.07 Å². The summed E-state index contributed by atoms with van der Waals surface area (Å²) in [7, 11) is 0. The van der Waals surface area contributed by atoms with E-state index in [0.29, 0.717) is 0 Å². The number of carbonyl (C=O) groups excluding carboxylic acids is 1. The van der Waals surface area contributed by atoms with Gasteiger partial charge in [-0.05, 0) is 29.3 Å². The number of esters is 1. The lowest BCUT2D eigenvalue weighted by Crippen LogP contribution is -2.13. The van der Waals surface area contributed by atoms with Gasteiger partial charge in [0.25, 0.3) is 0 Å². The van der Waals surface area contributed by atoms with Crippen molar-refractivity contribution in [2.75, 3.05) is 6.61 Å². The minimum atomic E-state index is -3.00. The van der Waals surface area contributed by atoms with Gasteiger partial charge >= 0.3 is 18.2 Å². The molecule has 0 aliphatic rings. The number of hydrogen-bond acceptors (Lipinski definition) is 5. The highest BCUT2D eigenvalue weighted by Crippen LogP contribution is 2.27. The molecule has 1 aromatic heterocycles. The number of hydrogen-bond donors (Lipinski definition) is 0. The zero-order valence-electron chi connectivity index (χ0n) is 10.4. The van der Waals surface area contributed by atoms with Crippen LogP contribution in [0.4, 0.5) is 14.6 Å². The van der Waals surface area contributed by atoms with Crippen molar-refractivity contribution in [3.05, 3.63) is 33.0 Å². The molecule has 0 radical (unpaired) electrons. The van der Waals surface area contributed by atoms with Crippen molar-refractivity contribution in [2.24, 2.45) is 0 Å². The van der Waals surface area contributed by atoms with Gasteiger partial charge in [0.15, 0.2) is 0 Å². The van der Waals surface area contributed by atoms with Gasteiger partial charge in [-0.3, -0.25) is 4.79 Å². The summed E-state index contributed by atoms with van der Waals surface area (Å²) in [6, 6.07) is 1.06. The predicted molar refractivity (Wildman–Crippen MR) is 60.9 cm³/mol. The number of pyridine rings is 1. The average Bonchev–Trinajstić information content (AvgIpc) is 2.31. The maximum atomic E-state index is 12.8. The Labute approximate surface area is 107 Å². The minimum absolute atomic E-state index is 0.0287. The molecule has 0 saturated heterocycles. The lowest BCUT2D eigenvalue weighted by molar-refractivity contribution is -0.389. The molecule has 0 saturated carbocycles. The SMILES string of the molecule is CCOC(=O)Cc1c(C)cc([N+](=O)[O-])nc1C(F)F. The summed E-state index contributed by atoms with van der Waals surface area (Å²) in [5.41, 5.74) is -0.566. The Bertz CT molecular complexity index is 506. The van der Waals surface area contributed by atoms with Gasteiger partial charge in [-0.15, -0.1) is 0 Å². The van der Waals surface area contributed by atoms with Gasteiger partial charge in [-0.1, -0.05) is 0 Å². The zero-order valence-corrected chi connectivity index (χ0v) is 10.4. The van der Waals surface area contributed by atoms with Crippen molar-refractivity contribution < 1.29 is 23.2 Å². The Morgan fingerprint density at radius 3 is 2.68 bits per heavy atom. The molecular weight excluding hydrogens is 262 g/mol. The number of carbonyl (C=O) groups is 1. The molecular formula is C11H12F2N2O4. The van der Waals surface area contributed by atoms with E-state index in [2.05, 4.69) is 9.72 Å². The third-order valence-electron chi connectivity index (χ3n) is 2.39. The van der Waals surface area contributed by atoms with Crippen LogP contribution in [0.5, 0.6) is 0 Å². The van der Waals surface area contributed by atoms with Crippen molar-refractivity contribution >= 4 is 11.8 Å². The molecule has 8 heteroatoms. The fraction of sp³-hybridized carbons (Fsp3) is 0.455. The van der Waals surface area contributed by atoms with Crippen molar-refractivity contribution in [3.63, 3.8) is 0 Å². The molecule has 1 aromatic rings. The first-order valence-corrected chi connectivity index (χ1v) is 5.45. The number of alkyl halides is 2. The van der Waals surface area contributed by atoms with Gasteiger partial charge in [0, 0.05) is 11.6 Å². The maximum Gasteiger partial charge on any atom is 0.364 e. The number of nitrogens with zero attached hydrogens (tertiary/aromatic N) is 2. The number of rotatable bonds is 5. The first-order valence-electron chi connectivity index (χ1n) is 5.45. The summed E-state index contributed by atoms with van der Waals surface area (Å²) in [6.45, 7) is 3.13. The largest absolute Gasteiger partial charge is 0.466 e. The van der Waals surface area contributed by atoms with Crippen LogP contribution >= 0.6 is 0 Å². The molecule has 0 bridgehead atoms. The molecule has 0 unspecified atom stereocenters. The van der Waals surface area contributed by atoms with E-state index in [1.807, 2.05) is 0 Å². The van der Waals surface area contributed by atoms with E-state index in [1.165, 1.54) is 6.92 Å². The van der Waals surface area contributed by atoms with Gasteiger partial charge in [0.05, 0.1) is 13.0 Å². The summed E-state index contributed by atoms with van der Waals surface area (Å²) in [6.07, 6.45) is -3.38. The van der Waals surface area contributed by atoms with Crippen molar-refractivity contribution in [3.8, 4) is 0 Å². The van der Waals surface area contributed by atoms with Crippen molar-refractivity contribution in [1.29, 1.82) is 0 Å². The van der Waals surface area contributed by atoms with Crippen molar-refractivity contribution in [1.82, 2.24) is 4.98 Å². The fourth-order valence-electron chi connectivity index (χ4n) is 1.57. The highest BCUT2D eigenvalue weighted by atomic mass is 19.3. The molecule has 0 fully saturated rings. The molecule has 0 atom stereocenters. The average molecular weight is 274 g/mol. The van der Waals surface area contributed by atoms with Crippen LogP contribution in [0.2, 0.25) is 0 Å². The molecule has 0 spiro atoms. The lowest BCUT2D eigenvalue weighted by atomic mass is 10.0. The van der Waals surface area contributed by atoms with Crippen LogP contribution in [0, 0.1) is 17.0 Å². The molecule has 104 valence electrons. The van der Waals surface area contributed by atoms with Crippen LogP contribution in [0.3, 0.4) is 0 Å². The molecule has 0 aromatic carbocycles. The van der Waals surface area contributed by atoms with Crippen LogP contribution in [0.1, 0.15) is 30.2 Å². The highest BCUT2D eigenvalue weighted by molar-refractivity contribution is 5.73. The Kier molecular flexibility index (Phi) is 4.85. The number of aryl methyl sites for hydroxylation is 1. The molecule has 0 N–H and O–H groups in total. The van der Waals surface area contributed by atoms with Gasteiger partial charge in [-0.25, -0.2) is 8.78 Å². The predicted octanol–water partition coefficient (Wildman–Crippen LogP) is 2.34. The van der Waals surface area contributed by atoms with E-state index in [4.69, 9.17) is 0 Å². The Balaban J connectivity index is 3.22.